The van der Waals surface area contributed by atoms with E-state index in [0.29, 0.717) is 43.6 Å². The minimum atomic E-state index is -0.971. The molecule has 1 fully saturated rings. The second-order valence-corrected chi connectivity index (χ2v) is 10.2. The van der Waals surface area contributed by atoms with E-state index >= 15 is 0 Å². The highest BCUT2D eigenvalue weighted by Crippen LogP contribution is 2.30. The van der Waals surface area contributed by atoms with Crippen molar-refractivity contribution in [3.63, 3.8) is 0 Å². The molecule has 2 N–H and O–H groups in total. The van der Waals surface area contributed by atoms with Crippen LogP contribution in [0.25, 0.3) is 0 Å². The van der Waals surface area contributed by atoms with Crippen molar-refractivity contribution in [2.75, 3.05) is 26.7 Å². The number of amides is 1. The molecule has 2 aliphatic rings. The molecule has 1 aliphatic carbocycles. The van der Waals surface area contributed by atoms with Gasteiger partial charge in [0.05, 0.1) is 12.6 Å². The second kappa shape index (κ2) is 11.4. The number of nitrogens with zero attached hydrogens (tertiary/aromatic N) is 4. The number of rotatable bonds is 6. The predicted octanol–water partition coefficient (Wildman–Crippen LogP) is 2.49. The molecule has 0 radical (unpaired) electrons. The SMILES string of the molecule is C[C@H]1CN([C@@H](C)CO)C(=O)c2cc(C#CC3(O)CCCC3)cnc2O[C@@H]1CN(C)Cc1cccnc1. The van der Waals surface area contributed by atoms with E-state index in [1.165, 1.54) is 0 Å². The van der Waals surface area contributed by atoms with Gasteiger partial charge in [-0.15, -0.1) is 0 Å². The molecule has 8 heteroatoms. The zero-order chi connectivity index (χ0) is 25.7. The first kappa shape index (κ1) is 26.1. The van der Waals surface area contributed by atoms with Gasteiger partial charge in [0, 0.05) is 49.7 Å². The number of hydrogen-bond acceptors (Lipinski definition) is 7. The van der Waals surface area contributed by atoms with Crippen LogP contribution in [0.15, 0.2) is 36.8 Å². The summed E-state index contributed by atoms with van der Waals surface area (Å²) < 4.78 is 6.37. The van der Waals surface area contributed by atoms with E-state index in [-0.39, 0.29) is 36.5 Å². The molecule has 2 aromatic heterocycles. The third-order valence-corrected chi connectivity index (χ3v) is 7.06. The third kappa shape index (κ3) is 6.22. The fourth-order valence-corrected chi connectivity index (χ4v) is 4.84. The fraction of sp³-hybridized carbons (Fsp3) is 0.536. The summed E-state index contributed by atoms with van der Waals surface area (Å²) in [6, 6.07) is 5.30. The molecule has 4 rings (SSSR count). The Morgan fingerprint density at radius 2 is 2.11 bits per heavy atom. The van der Waals surface area contributed by atoms with Crippen LogP contribution in [0.3, 0.4) is 0 Å². The lowest BCUT2D eigenvalue weighted by atomic mass is 9.99. The minimum Gasteiger partial charge on any atom is -0.472 e. The van der Waals surface area contributed by atoms with E-state index in [1.54, 1.807) is 23.4 Å². The maximum atomic E-state index is 13.6. The van der Waals surface area contributed by atoms with E-state index < -0.39 is 5.60 Å². The molecule has 36 heavy (non-hydrogen) atoms. The van der Waals surface area contributed by atoms with Gasteiger partial charge in [0.2, 0.25) is 5.88 Å². The Morgan fingerprint density at radius 1 is 1.33 bits per heavy atom. The first-order valence-corrected chi connectivity index (χ1v) is 12.7. The highest BCUT2D eigenvalue weighted by molar-refractivity contribution is 5.97. The van der Waals surface area contributed by atoms with E-state index in [4.69, 9.17) is 4.74 Å². The summed E-state index contributed by atoms with van der Waals surface area (Å²) in [4.78, 5) is 26.1. The highest BCUT2D eigenvalue weighted by Gasteiger charge is 2.34. The maximum absolute atomic E-state index is 13.6. The molecule has 192 valence electrons. The lowest BCUT2D eigenvalue weighted by Gasteiger charge is -2.37. The maximum Gasteiger partial charge on any atom is 0.259 e. The fourth-order valence-electron chi connectivity index (χ4n) is 4.84. The van der Waals surface area contributed by atoms with Gasteiger partial charge in [0.1, 0.15) is 17.3 Å². The van der Waals surface area contributed by atoms with Gasteiger partial charge >= 0.3 is 0 Å². The molecule has 1 aliphatic heterocycles. The molecule has 3 atom stereocenters. The van der Waals surface area contributed by atoms with Crippen molar-refractivity contribution < 1.29 is 19.7 Å². The van der Waals surface area contributed by atoms with Gasteiger partial charge in [-0.05, 0) is 57.4 Å². The summed E-state index contributed by atoms with van der Waals surface area (Å²) in [6.45, 7) is 5.54. The van der Waals surface area contributed by atoms with Gasteiger partial charge in [-0.3, -0.25) is 14.7 Å². The van der Waals surface area contributed by atoms with Crippen molar-refractivity contribution in [1.29, 1.82) is 0 Å². The molecule has 0 spiro atoms. The number of pyridine rings is 2. The molecule has 0 saturated heterocycles. The molecule has 3 heterocycles. The number of hydrogen-bond donors (Lipinski definition) is 2. The number of aromatic nitrogens is 2. The number of aliphatic hydroxyl groups excluding tert-OH is 1. The smallest absolute Gasteiger partial charge is 0.259 e. The van der Waals surface area contributed by atoms with Crippen LogP contribution < -0.4 is 4.74 Å². The lowest BCUT2D eigenvalue weighted by molar-refractivity contribution is 0.0325. The monoisotopic (exact) mass is 492 g/mol. The van der Waals surface area contributed by atoms with Crippen molar-refractivity contribution in [2.24, 2.45) is 5.92 Å². The summed E-state index contributed by atoms with van der Waals surface area (Å²) in [5, 5.41) is 20.5. The summed E-state index contributed by atoms with van der Waals surface area (Å²) in [5.74, 6) is 6.04. The second-order valence-electron chi connectivity index (χ2n) is 10.2. The molecular formula is C28H36N4O4. The summed E-state index contributed by atoms with van der Waals surface area (Å²) >= 11 is 0. The molecule has 0 aromatic carbocycles. The summed E-state index contributed by atoms with van der Waals surface area (Å²) in [6.07, 6.45) is 8.22. The number of aliphatic hydroxyl groups is 2. The molecule has 2 aromatic rings. The van der Waals surface area contributed by atoms with Crippen molar-refractivity contribution >= 4 is 5.91 Å². The predicted molar refractivity (Wildman–Crippen MR) is 136 cm³/mol. The van der Waals surface area contributed by atoms with Gasteiger partial charge in [0.15, 0.2) is 0 Å². The van der Waals surface area contributed by atoms with Crippen molar-refractivity contribution in [3.05, 3.63) is 53.5 Å². The molecule has 0 bridgehead atoms. The minimum absolute atomic E-state index is 0.00494. The number of carbonyl (C=O) groups is 1. The van der Waals surface area contributed by atoms with Crippen LogP contribution in [0.4, 0.5) is 0 Å². The Bertz CT molecular complexity index is 1110. The highest BCUT2D eigenvalue weighted by atomic mass is 16.5. The Hall–Kier alpha value is -2.99. The van der Waals surface area contributed by atoms with E-state index in [9.17, 15) is 15.0 Å². The van der Waals surface area contributed by atoms with Crippen LogP contribution in [0, 0.1) is 17.8 Å². The van der Waals surface area contributed by atoms with Gasteiger partial charge in [-0.1, -0.05) is 24.8 Å². The Balaban J connectivity index is 1.61. The van der Waals surface area contributed by atoms with E-state index in [0.717, 1.165) is 18.4 Å². The van der Waals surface area contributed by atoms with Gasteiger partial charge in [-0.25, -0.2) is 4.98 Å². The number of likely N-dealkylation sites (N-methyl/N-ethyl adjacent to an activating group) is 1. The topological polar surface area (TPSA) is 99.0 Å². The van der Waals surface area contributed by atoms with Gasteiger partial charge in [0.25, 0.3) is 5.91 Å². The largest absolute Gasteiger partial charge is 0.472 e. The van der Waals surface area contributed by atoms with Crippen molar-refractivity contribution in [3.8, 4) is 17.7 Å². The lowest BCUT2D eigenvalue weighted by Crippen LogP contribution is -2.49. The molecule has 1 saturated carbocycles. The van der Waals surface area contributed by atoms with Gasteiger partial charge in [-0.2, -0.15) is 0 Å². The van der Waals surface area contributed by atoms with Crippen LogP contribution in [-0.2, 0) is 6.54 Å². The van der Waals surface area contributed by atoms with E-state index in [1.807, 2.05) is 32.3 Å². The first-order chi connectivity index (χ1) is 17.3. The third-order valence-electron chi connectivity index (χ3n) is 7.06. The summed E-state index contributed by atoms with van der Waals surface area (Å²) in [5.41, 5.74) is 1.02. The quantitative estimate of drug-likeness (QED) is 0.598. The summed E-state index contributed by atoms with van der Waals surface area (Å²) in [7, 11) is 2.03. The van der Waals surface area contributed by atoms with Crippen LogP contribution in [0.2, 0.25) is 0 Å². The van der Waals surface area contributed by atoms with E-state index in [2.05, 4.69) is 33.6 Å². The van der Waals surface area contributed by atoms with Crippen LogP contribution in [-0.4, -0.2) is 80.4 Å². The average molecular weight is 493 g/mol. The van der Waals surface area contributed by atoms with Crippen molar-refractivity contribution in [1.82, 2.24) is 19.8 Å². The Labute approximate surface area is 213 Å². The number of carbonyl (C=O) groups excluding carboxylic acids is 1. The zero-order valence-electron chi connectivity index (χ0n) is 21.4. The van der Waals surface area contributed by atoms with Crippen LogP contribution >= 0.6 is 0 Å². The van der Waals surface area contributed by atoms with Crippen LogP contribution in [0.1, 0.15) is 61.0 Å². The van der Waals surface area contributed by atoms with Crippen LogP contribution in [0.5, 0.6) is 5.88 Å². The molecule has 0 unspecified atom stereocenters. The van der Waals surface area contributed by atoms with Gasteiger partial charge < -0.3 is 19.8 Å². The standard InChI is InChI=1S/C28H36N4O4/c1-20-16-32(21(2)19-33)27(34)24-13-22(8-11-28(35)9-4-5-10-28)15-30-26(24)36-25(20)18-31(3)17-23-7-6-12-29-14-23/h6-7,12-15,20-21,25,33,35H,4-5,9-10,16-19H2,1-3H3/t20-,21-,25+/m0/s1. The number of fused-ring (bicyclic) bond motifs is 1. The van der Waals surface area contributed by atoms with Crippen molar-refractivity contribution in [2.45, 2.75) is 63.8 Å². The molecule has 8 nitrogen and oxygen atoms in total. The molecule has 1 amide bonds. The Kier molecular flexibility index (Phi) is 8.24. The molecular weight excluding hydrogens is 456 g/mol. The number of ether oxygens (including phenoxy) is 1. The normalized spacial score (nSPS) is 22.2. The average Bonchev–Trinajstić information content (AvgIpc) is 3.31. The first-order valence-electron chi connectivity index (χ1n) is 12.7. The Morgan fingerprint density at radius 3 is 2.81 bits per heavy atom. The zero-order valence-corrected chi connectivity index (χ0v) is 21.4.